The Morgan fingerprint density at radius 1 is 1.33 bits per heavy atom. The zero-order chi connectivity index (χ0) is 12.1. The first kappa shape index (κ1) is 13.4. The Balaban J connectivity index is 3.97. The SMILES string of the molecule is O=C(O)/C=C/C(=O)NCC(O)C(F)(F)F. The van der Waals surface area contributed by atoms with Crippen LogP contribution in [0.3, 0.4) is 0 Å². The smallest absolute Gasteiger partial charge is 0.416 e. The minimum atomic E-state index is -4.82. The number of alkyl halides is 3. The van der Waals surface area contributed by atoms with Crippen LogP contribution in [-0.4, -0.2) is 40.9 Å². The van der Waals surface area contributed by atoms with E-state index in [-0.39, 0.29) is 0 Å². The summed E-state index contributed by atoms with van der Waals surface area (Å²) in [5.74, 6) is -2.43. The minimum absolute atomic E-state index is 0.468. The molecule has 0 saturated carbocycles. The molecule has 0 aliphatic rings. The van der Waals surface area contributed by atoms with Gasteiger partial charge in [-0.25, -0.2) is 4.79 Å². The summed E-state index contributed by atoms with van der Waals surface area (Å²) < 4.78 is 35.1. The molecule has 0 fully saturated rings. The number of hydrogen-bond acceptors (Lipinski definition) is 3. The monoisotopic (exact) mass is 227 g/mol. The summed E-state index contributed by atoms with van der Waals surface area (Å²) in [5, 5.41) is 18.2. The molecule has 5 nitrogen and oxygen atoms in total. The molecular weight excluding hydrogens is 219 g/mol. The van der Waals surface area contributed by atoms with Crippen LogP contribution >= 0.6 is 0 Å². The van der Waals surface area contributed by atoms with E-state index < -0.39 is 30.7 Å². The molecule has 0 bridgehead atoms. The maximum atomic E-state index is 11.7. The van der Waals surface area contributed by atoms with Gasteiger partial charge in [-0.15, -0.1) is 0 Å². The number of hydrogen-bond donors (Lipinski definition) is 3. The second-order valence-electron chi connectivity index (χ2n) is 2.47. The molecule has 15 heavy (non-hydrogen) atoms. The van der Waals surface area contributed by atoms with Gasteiger partial charge in [0.2, 0.25) is 5.91 Å². The minimum Gasteiger partial charge on any atom is -0.478 e. The number of carboxylic acids is 1. The average molecular weight is 227 g/mol. The van der Waals surface area contributed by atoms with Gasteiger partial charge in [-0.3, -0.25) is 4.79 Å². The van der Waals surface area contributed by atoms with Crippen LogP contribution in [0.4, 0.5) is 13.2 Å². The van der Waals surface area contributed by atoms with Crippen molar-refractivity contribution in [1.82, 2.24) is 5.32 Å². The summed E-state index contributed by atoms with van der Waals surface area (Å²) in [7, 11) is 0. The van der Waals surface area contributed by atoms with Crippen LogP contribution in [0.2, 0.25) is 0 Å². The fraction of sp³-hybridized carbons (Fsp3) is 0.429. The van der Waals surface area contributed by atoms with Crippen molar-refractivity contribution in [3.63, 3.8) is 0 Å². The van der Waals surface area contributed by atoms with E-state index in [1.165, 1.54) is 0 Å². The van der Waals surface area contributed by atoms with Crippen LogP contribution in [0.1, 0.15) is 0 Å². The summed E-state index contributed by atoms with van der Waals surface area (Å²) in [4.78, 5) is 20.5. The second kappa shape index (κ2) is 5.35. The van der Waals surface area contributed by atoms with Gasteiger partial charge in [0, 0.05) is 12.2 Å². The summed E-state index contributed by atoms with van der Waals surface area (Å²) in [6.45, 7) is -1.02. The first-order valence-electron chi connectivity index (χ1n) is 3.67. The standard InChI is InChI=1S/C7H8F3NO4/c8-7(9,10)4(12)3-11-5(13)1-2-6(14)15/h1-2,4,12H,3H2,(H,11,13)(H,14,15)/b2-1+. The van der Waals surface area contributed by atoms with Gasteiger partial charge in [0.25, 0.3) is 0 Å². The van der Waals surface area contributed by atoms with E-state index in [0.29, 0.717) is 12.2 Å². The van der Waals surface area contributed by atoms with Crippen molar-refractivity contribution in [3.05, 3.63) is 12.2 Å². The van der Waals surface area contributed by atoms with Gasteiger partial charge in [-0.2, -0.15) is 13.2 Å². The largest absolute Gasteiger partial charge is 0.478 e. The molecule has 0 aromatic rings. The molecule has 0 aliphatic carbocycles. The van der Waals surface area contributed by atoms with Gasteiger partial charge in [0.1, 0.15) is 0 Å². The van der Waals surface area contributed by atoms with E-state index in [1.807, 2.05) is 0 Å². The van der Waals surface area contributed by atoms with Gasteiger partial charge in [0.05, 0.1) is 6.54 Å². The number of carbonyl (C=O) groups is 2. The number of aliphatic hydroxyl groups is 1. The van der Waals surface area contributed by atoms with Gasteiger partial charge < -0.3 is 15.5 Å². The van der Waals surface area contributed by atoms with Gasteiger partial charge in [-0.05, 0) is 0 Å². The molecule has 8 heteroatoms. The Morgan fingerprint density at radius 2 is 1.87 bits per heavy atom. The second-order valence-corrected chi connectivity index (χ2v) is 2.47. The Labute approximate surface area is 82.2 Å². The molecule has 1 unspecified atom stereocenters. The topological polar surface area (TPSA) is 86.6 Å². The van der Waals surface area contributed by atoms with Gasteiger partial charge >= 0.3 is 12.1 Å². The van der Waals surface area contributed by atoms with Crippen molar-refractivity contribution < 1.29 is 33.0 Å². The van der Waals surface area contributed by atoms with Crippen molar-refractivity contribution in [2.45, 2.75) is 12.3 Å². The quantitative estimate of drug-likeness (QED) is 0.574. The Hall–Kier alpha value is -1.57. The first-order chi connectivity index (χ1) is 6.73. The molecule has 86 valence electrons. The molecule has 0 aromatic heterocycles. The van der Waals surface area contributed by atoms with Crippen molar-refractivity contribution in [3.8, 4) is 0 Å². The maximum Gasteiger partial charge on any atom is 0.416 e. The zero-order valence-corrected chi connectivity index (χ0v) is 7.28. The lowest BCUT2D eigenvalue weighted by Crippen LogP contribution is -2.40. The van der Waals surface area contributed by atoms with Crippen LogP contribution in [0.15, 0.2) is 12.2 Å². The molecular formula is C7H8F3NO4. The molecule has 1 atom stereocenters. The predicted molar refractivity (Wildman–Crippen MR) is 41.8 cm³/mol. The lowest BCUT2D eigenvalue weighted by molar-refractivity contribution is -0.201. The molecule has 0 heterocycles. The highest BCUT2D eigenvalue weighted by atomic mass is 19.4. The van der Waals surface area contributed by atoms with Crippen LogP contribution in [0.25, 0.3) is 0 Å². The normalized spacial score (nSPS) is 13.9. The number of amides is 1. The van der Waals surface area contributed by atoms with Crippen molar-refractivity contribution in [2.24, 2.45) is 0 Å². The Bertz CT molecular complexity index is 274. The van der Waals surface area contributed by atoms with Crippen molar-refractivity contribution >= 4 is 11.9 Å². The molecule has 0 rings (SSSR count). The summed E-state index contributed by atoms with van der Waals surface area (Å²) in [6.07, 6.45) is -6.47. The van der Waals surface area contributed by atoms with Crippen LogP contribution in [-0.2, 0) is 9.59 Å². The zero-order valence-electron chi connectivity index (χ0n) is 7.28. The maximum absolute atomic E-state index is 11.7. The lowest BCUT2D eigenvalue weighted by Gasteiger charge is -2.13. The Morgan fingerprint density at radius 3 is 2.27 bits per heavy atom. The third-order valence-corrected chi connectivity index (χ3v) is 1.22. The van der Waals surface area contributed by atoms with Crippen molar-refractivity contribution in [2.75, 3.05) is 6.54 Å². The van der Waals surface area contributed by atoms with E-state index >= 15 is 0 Å². The van der Waals surface area contributed by atoms with Crippen LogP contribution in [0.5, 0.6) is 0 Å². The number of carbonyl (C=O) groups excluding carboxylic acids is 1. The van der Waals surface area contributed by atoms with Crippen LogP contribution in [0, 0.1) is 0 Å². The van der Waals surface area contributed by atoms with E-state index in [4.69, 9.17) is 10.2 Å². The van der Waals surface area contributed by atoms with Crippen molar-refractivity contribution in [1.29, 1.82) is 0 Å². The fourth-order valence-corrected chi connectivity index (χ4v) is 0.519. The summed E-state index contributed by atoms with van der Waals surface area (Å²) in [6, 6.07) is 0. The molecule has 0 aromatic carbocycles. The predicted octanol–water partition coefficient (Wildman–Crippen LogP) is -0.333. The average Bonchev–Trinajstić information content (AvgIpc) is 2.09. The van der Waals surface area contributed by atoms with E-state index in [1.54, 1.807) is 5.32 Å². The Kier molecular flexibility index (Phi) is 4.79. The highest BCUT2D eigenvalue weighted by Gasteiger charge is 2.37. The number of halogens is 3. The molecule has 0 radical (unpaired) electrons. The molecule has 0 aliphatic heterocycles. The van der Waals surface area contributed by atoms with Gasteiger partial charge in [0.15, 0.2) is 6.10 Å². The third kappa shape index (κ3) is 6.49. The fourth-order valence-electron chi connectivity index (χ4n) is 0.519. The van der Waals surface area contributed by atoms with E-state index in [9.17, 15) is 22.8 Å². The summed E-state index contributed by atoms with van der Waals surface area (Å²) >= 11 is 0. The first-order valence-corrected chi connectivity index (χ1v) is 3.67. The lowest BCUT2D eigenvalue weighted by atomic mass is 10.3. The number of nitrogens with one attached hydrogen (secondary N) is 1. The number of aliphatic hydroxyl groups excluding tert-OH is 1. The van der Waals surface area contributed by atoms with Gasteiger partial charge in [-0.1, -0.05) is 0 Å². The molecule has 0 spiro atoms. The van der Waals surface area contributed by atoms with E-state index in [2.05, 4.69) is 0 Å². The number of carboxylic acid groups (broad SMARTS) is 1. The molecule has 3 N–H and O–H groups in total. The molecule has 1 amide bonds. The number of rotatable bonds is 4. The molecule has 0 saturated heterocycles. The highest BCUT2D eigenvalue weighted by molar-refractivity contribution is 5.93. The summed E-state index contributed by atoms with van der Waals surface area (Å²) in [5.41, 5.74) is 0. The van der Waals surface area contributed by atoms with E-state index in [0.717, 1.165) is 0 Å². The van der Waals surface area contributed by atoms with Crippen LogP contribution < -0.4 is 5.32 Å². The number of aliphatic carboxylic acids is 1. The third-order valence-electron chi connectivity index (χ3n) is 1.22. The highest BCUT2D eigenvalue weighted by Crippen LogP contribution is 2.18.